The van der Waals surface area contributed by atoms with Gasteiger partial charge >= 0.3 is 6.03 Å². The van der Waals surface area contributed by atoms with Gasteiger partial charge in [0.15, 0.2) is 23.0 Å². The van der Waals surface area contributed by atoms with E-state index in [2.05, 4.69) is 22.8 Å². The number of rotatable bonds is 6. The molecule has 5 rings (SSSR count). The van der Waals surface area contributed by atoms with Crippen molar-refractivity contribution >= 4 is 11.7 Å². The zero-order valence-electron chi connectivity index (χ0n) is 16.8. The molecule has 1 unspecified atom stereocenters. The first-order valence-corrected chi connectivity index (χ1v) is 10.1. The van der Waals surface area contributed by atoms with Gasteiger partial charge in [0.05, 0.1) is 0 Å². The molecule has 2 aliphatic rings. The number of urea groups is 1. The lowest BCUT2D eigenvalue weighted by molar-refractivity contribution is 0.173. The second-order valence-electron chi connectivity index (χ2n) is 7.44. The molecule has 1 atom stereocenters. The maximum absolute atomic E-state index is 12.8. The Hall–Kier alpha value is -3.87. The molecule has 0 bridgehead atoms. The van der Waals surface area contributed by atoms with E-state index in [1.54, 1.807) is 18.2 Å². The van der Waals surface area contributed by atoms with E-state index in [1.165, 1.54) is 0 Å². The molecule has 3 aromatic carbocycles. The quantitative estimate of drug-likeness (QED) is 0.630. The van der Waals surface area contributed by atoms with Gasteiger partial charge in [-0.25, -0.2) is 4.79 Å². The van der Waals surface area contributed by atoms with Crippen LogP contribution in [-0.2, 0) is 12.8 Å². The Morgan fingerprint density at radius 1 is 0.742 bits per heavy atom. The number of benzene rings is 3. The van der Waals surface area contributed by atoms with Crippen LogP contribution in [0.3, 0.4) is 0 Å². The van der Waals surface area contributed by atoms with E-state index in [0.717, 1.165) is 22.6 Å². The van der Waals surface area contributed by atoms with Gasteiger partial charge in [0.25, 0.3) is 0 Å². The monoisotopic (exact) mass is 418 g/mol. The van der Waals surface area contributed by atoms with E-state index in [-0.39, 0.29) is 25.7 Å². The predicted octanol–water partition coefficient (Wildman–Crippen LogP) is 4.12. The summed E-state index contributed by atoms with van der Waals surface area (Å²) >= 11 is 0. The molecule has 0 saturated heterocycles. The molecule has 158 valence electrons. The van der Waals surface area contributed by atoms with E-state index in [9.17, 15) is 4.79 Å². The van der Waals surface area contributed by atoms with Crippen LogP contribution >= 0.6 is 0 Å². The van der Waals surface area contributed by atoms with E-state index in [0.29, 0.717) is 30.0 Å². The Bertz CT molecular complexity index is 1090. The van der Waals surface area contributed by atoms with Crippen molar-refractivity contribution in [2.45, 2.75) is 18.9 Å². The third-order valence-corrected chi connectivity index (χ3v) is 5.21. The molecule has 31 heavy (non-hydrogen) atoms. The van der Waals surface area contributed by atoms with Crippen molar-refractivity contribution in [3.05, 3.63) is 77.9 Å². The number of ether oxygens (including phenoxy) is 4. The SMILES string of the molecule is O=C(Nc1ccc2c(c1)OCO2)NC(Cc1ccccc1)Cc1ccc2c(c1)OCO2. The summed E-state index contributed by atoms with van der Waals surface area (Å²) in [5.41, 5.74) is 2.86. The molecular formula is C24H22N2O5. The number of carbonyl (C=O) groups excluding carboxylic acids is 1. The molecule has 0 spiro atoms. The number of hydrogen-bond acceptors (Lipinski definition) is 5. The lowest BCUT2D eigenvalue weighted by atomic mass is 9.98. The van der Waals surface area contributed by atoms with Crippen LogP contribution in [0.15, 0.2) is 66.7 Å². The van der Waals surface area contributed by atoms with Crippen molar-refractivity contribution in [2.24, 2.45) is 0 Å². The molecule has 2 aliphatic heterocycles. The maximum Gasteiger partial charge on any atom is 0.319 e. The molecular weight excluding hydrogens is 396 g/mol. The number of carbonyl (C=O) groups is 1. The van der Waals surface area contributed by atoms with Gasteiger partial charge in [0.2, 0.25) is 13.6 Å². The van der Waals surface area contributed by atoms with Crippen molar-refractivity contribution in [3.63, 3.8) is 0 Å². The Kier molecular flexibility index (Phi) is 5.22. The summed E-state index contributed by atoms with van der Waals surface area (Å²) in [6.07, 6.45) is 1.35. The summed E-state index contributed by atoms with van der Waals surface area (Å²) in [6, 6.07) is 20.9. The molecule has 0 aliphatic carbocycles. The molecule has 7 nitrogen and oxygen atoms in total. The molecule has 0 saturated carbocycles. The first kappa shape index (κ1) is 19.1. The number of anilines is 1. The van der Waals surface area contributed by atoms with Gasteiger partial charge in [-0.1, -0.05) is 36.4 Å². The van der Waals surface area contributed by atoms with Crippen LogP contribution in [0.4, 0.5) is 10.5 Å². The summed E-state index contributed by atoms with van der Waals surface area (Å²) in [4.78, 5) is 12.8. The smallest absolute Gasteiger partial charge is 0.319 e. The lowest BCUT2D eigenvalue weighted by Gasteiger charge is -2.20. The van der Waals surface area contributed by atoms with Gasteiger partial charge in [0.1, 0.15) is 0 Å². The fourth-order valence-electron chi connectivity index (χ4n) is 3.75. The van der Waals surface area contributed by atoms with Crippen molar-refractivity contribution in [3.8, 4) is 23.0 Å². The van der Waals surface area contributed by atoms with Gasteiger partial charge < -0.3 is 29.6 Å². The maximum atomic E-state index is 12.8. The van der Waals surface area contributed by atoms with Crippen LogP contribution in [0.1, 0.15) is 11.1 Å². The third-order valence-electron chi connectivity index (χ3n) is 5.21. The highest BCUT2D eigenvalue weighted by Crippen LogP contribution is 2.34. The first-order chi connectivity index (χ1) is 15.2. The van der Waals surface area contributed by atoms with Gasteiger partial charge in [-0.2, -0.15) is 0 Å². The van der Waals surface area contributed by atoms with Crippen LogP contribution in [0.25, 0.3) is 0 Å². The number of amides is 2. The summed E-state index contributed by atoms with van der Waals surface area (Å²) in [5.74, 6) is 2.78. The topological polar surface area (TPSA) is 78.1 Å². The van der Waals surface area contributed by atoms with Crippen molar-refractivity contribution in [1.29, 1.82) is 0 Å². The molecule has 2 N–H and O–H groups in total. The minimum absolute atomic E-state index is 0.114. The summed E-state index contributed by atoms with van der Waals surface area (Å²) in [5, 5.41) is 5.99. The minimum Gasteiger partial charge on any atom is -0.454 e. The van der Waals surface area contributed by atoms with Gasteiger partial charge in [-0.3, -0.25) is 0 Å². The molecule has 0 radical (unpaired) electrons. The van der Waals surface area contributed by atoms with Crippen LogP contribution < -0.4 is 29.6 Å². The second-order valence-corrected chi connectivity index (χ2v) is 7.44. The van der Waals surface area contributed by atoms with E-state index >= 15 is 0 Å². The minimum atomic E-state index is -0.277. The summed E-state index contributed by atoms with van der Waals surface area (Å²) in [6.45, 7) is 0.433. The lowest BCUT2D eigenvalue weighted by Crippen LogP contribution is -2.40. The van der Waals surface area contributed by atoms with Gasteiger partial charge in [0, 0.05) is 17.8 Å². The number of nitrogens with one attached hydrogen (secondary N) is 2. The Balaban J connectivity index is 1.29. The highest BCUT2D eigenvalue weighted by atomic mass is 16.7. The molecule has 2 heterocycles. The van der Waals surface area contributed by atoms with Crippen LogP contribution in [0.2, 0.25) is 0 Å². The van der Waals surface area contributed by atoms with Gasteiger partial charge in [-0.05, 0) is 48.2 Å². The normalized spacial score (nSPS) is 14.2. The van der Waals surface area contributed by atoms with Crippen LogP contribution in [-0.4, -0.2) is 25.7 Å². The fourth-order valence-corrected chi connectivity index (χ4v) is 3.75. The largest absolute Gasteiger partial charge is 0.454 e. The standard InChI is InChI=1S/C24H22N2O5/c27-24(25-18-7-9-21-23(13-18)31-15-29-21)26-19(10-16-4-2-1-3-5-16)11-17-6-8-20-22(12-17)30-14-28-20/h1-9,12-13,19H,10-11,14-15H2,(H2,25,26,27). The molecule has 2 amide bonds. The van der Waals surface area contributed by atoms with Crippen molar-refractivity contribution < 1.29 is 23.7 Å². The van der Waals surface area contributed by atoms with Crippen LogP contribution in [0, 0.1) is 0 Å². The first-order valence-electron chi connectivity index (χ1n) is 10.1. The van der Waals surface area contributed by atoms with E-state index < -0.39 is 0 Å². The zero-order valence-corrected chi connectivity index (χ0v) is 16.8. The molecule has 3 aromatic rings. The average Bonchev–Trinajstić information content (AvgIpc) is 3.42. The zero-order chi connectivity index (χ0) is 21.0. The molecule has 0 aromatic heterocycles. The highest BCUT2D eigenvalue weighted by molar-refractivity contribution is 5.90. The number of hydrogen-bond donors (Lipinski definition) is 2. The Morgan fingerprint density at radius 2 is 1.39 bits per heavy atom. The Morgan fingerprint density at radius 3 is 2.16 bits per heavy atom. The predicted molar refractivity (Wildman–Crippen MR) is 115 cm³/mol. The number of fused-ring (bicyclic) bond motifs is 2. The Labute approximate surface area is 179 Å². The fraction of sp³-hybridized carbons (Fsp3) is 0.208. The van der Waals surface area contributed by atoms with Crippen molar-refractivity contribution in [2.75, 3.05) is 18.9 Å². The highest BCUT2D eigenvalue weighted by Gasteiger charge is 2.19. The average molecular weight is 418 g/mol. The summed E-state index contributed by atoms with van der Waals surface area (Å²) in [7, 11) is 0. The third kappa shape index (κ3) is 4.50. The van der Waals surface area contributed by atoms with Crippen molar-refractivity contribution in [1.82, 2.24) is 5.32 Å². The van der Waals surface area contributed by atoms with Crippen LogP contribution in [0.5, 0.6) is 23.0 Å². The molecule has 7 heteroatoms. The summed E-state index contributed by atoms with van der Waals surface area (Å²) < 4.78 is 21.6. The van der Waals surface area contributed by atoms with Gasteiger partial charge in [-0.15, -0.1) is 0 Å². The van der Waals surface area contributed by atoms with E-state index in [1.807, 2.05) is 36.4 Å². The second kappa shape index (κ2) is 8.47. The molecule has 0 fully saturated rings. The van der Waals surface area contributed by atoms with E-state index in [4.69, 9.17) is 18.9 Å².